The van der Waals surface area contributed by atoms with Crippen LogP contribution in [0.5, 0.6) is 0 Å². The first-order valence-electron chi connectivity index (χ1n) is 6.08. The molecular weight excluding hydrogens is 270 g/mol. The Morgan fingerprint density at radius 3 is 3.00 bits per heavy atom. The summed E-state index contributed by atoms with van der Waals surface area (Å²) in [7, 11) is 0. The molecule has 0 atom stereocenters. The SMILES string of the molecule is [N-]=[N+]=NCC=Cc1c(-c2ccccc2)nc2sccn12. The van der Waals surface area contributed by atoms with Gasteiger partial charge in [0.15, 0.2) is 4.96 Å². The van der Waals surface area contributed by atoms with Crippen molar-refractivity contribution in [2.24, 2.45) is 5.11 Å². The monoisotopic (exact) mass is 281 g/mol. The highest BCUT2D eigenvalue weighted by Gasteiger charge is 2.11. The van der Waals surface area contributed by atoms with Crippen molar-refractivity contribution in [1.82, 2.24) is 9.38 Å². The van der Waals surface area contributed by atoms with Crippen LogP contribution in [0.4, 0.5) is 0 Å². The van der Waals surface area contributed by atoms with Gasteiger partial charge < -0.3 is 0 Å². The minimum absolute atomic E-state index is 0.335. The summed E-state index contributed by atoms with van der Waals surface area (Å²) in [6, 6.07) is 10.1. The first-order chi connectivity index (χ1) is 9.90. The number of azide groups is 1. The fourth-order valence-electron chi connectivity index (χ4n) is 2.02. The number of rotatable bonds is 4. The molecule has 0 saturated heterocycles. The number of nitrogens with zero attached hydrogens (tertiary/aromatic N) is 5. The van der Waals surface area contributed by atoms with Gasteiger partial charge in [-0.25, -0.2) is 4.98 Å². The quantitative estimate of drug-likeness (QED) is 0.397. The average molecular weight is 281 g/mol. The van der Waals surface area contributed by atoms with Crippen molar-refractivity contribution in [2.75, 3.05) is 6.54 Å². The van der Waals surface area contributed by atoms with Crippen molar-refractivity contribution in [1.29, 1.82) is 0 Å². The number of hydrogen-bond acceptors (Lipinski definition) is 3. The number of benzene rings is 1. The summed E-state index contributed by atoms with van der Waals surface area (Å²) in [5.41, 5.74) is 11.3. The molecule has 3 rings (SSSR count). The summed E-state index contributed by atoms with van der Waals surface area (Å²) >= 11 is 1.60. The minimum atomic E-state index is 0.335. The number of hydrogen-bond donors (Lipinski definition) is 0. The lowest BCUT2D eigenvalue weighted by atomic mass is 10.1. The van der Waals surface area contributed by atoms with E-state index in [9.17, 15) is 0 Å². The molecule has 0 aliphatic heterocycles. The average Bonchev–Trinajstić information content (AvgIpc) is 3.06. The van der Waals surface area contributed by atoms with E-state index in [4.69, 9.17) is 5.53 Å². The molecule has 0 amide bonds. The highest BCUT2D eigenvalue weighted by atomic mass is 32.1. The maximum absolute atomic E-state index is 8.30. The number of aromatic nitrogens is 2. The Bertz CT molecular complexity index is 793. The molecule has 1 aromatic carbocycles. The Labute approximate surface area is 119 Å². The summed E-state index contributed by atoms with van der Waals surface area (Å²) in [4.78, 5) is 8.36. The normalized spacial score (nSPS) is 11.0. The maximum atomic E-state index is 8.30. The van der Waals surface area contributed by atoms with Crippen molar-refractivity contribution in [2.45, 2.75) is 0 Å². The molecular formula is C14H11N5S. The molecule has 98 valence electrons. The third-order valence-corrected chi connectivity index (χ3v) is 3.63. The van der Waals surface area contributed by atoms with E-state index in [0.717, 1.165) is 21.9 Å². The van der Waals surface area contributed by atoms with Crippen LogP contribution in [0.15, 0.2) is 53.1 Å². The lowest BCUT2D eigenvalue weighted by Crippen LogP contribution is -1.85. The smallest absolute Gasteiger partial charge is 0.194 e. The van der Waals surface area contributed by atoms with E-state index in [1.807, 2.05) is 58.5 Å². The Kier molecular flexibility index (Phi) is 3.50. The van der Waals surface area contributed by atoms with Gasteiger partial charge in [0.05, 0.1) is 11.4 Å². The molecule has 0 radical (unpaired) electrons. The summed E-state index contributed by atoms with van der Waals surface area (Å²) in [5.74, 6) is 0. The van der Waals surface area contributed by atoms with Crippen LogP contribution in [-0.4, -0.2) is 15.9 Å². The molecule has 2 heterocycles. The molecule has 20 heavy (non-hydrogen) atoms. The second-order valence-corrected chi connectivity index (χ2v) is 4.96. The van der Waals surface area contributed by atoms with E-state index in [0.29, 0.717) is 6.54 Å². The second kappa shape index (κ2) is 5.61. The number of imidazole rings is 1. The summed E-state index contributed by atoms with van der Waals surface area (Å²) in [6.07, 6.45) is 5.78. The van der Waals surface area contributed by atoms with Crippen molar-refractivity contribution >= 4 is 22.4 Å². The zero-order valence-electron chi connectivity index (χ0n) is 10.5. The van der Waals surface area contributed by atoms with Crippen LogP contribution in [0.25, 0.3) is 32.7 Å². The van der Waals surface area contributed by atoms with Gasteiger partial charge in [0.2, 0.25) is 0 Å². The van der Waals surface area contributed by atoms with Crippen LogP contribution < -0.4 is 0 Å². The number of fused-ring (bicyclic) bond motifs is 1. The summed E-state index contributed by atoms with van der Waals surface area (Å²) in [5, 5.41) is 5.51. The van der Waals surface area contributed by atoms with Gasteiger partial charge in [-0.2, -0.15) is 0 Å². The predicted octanol–water partition coefficient (Wildman–Crippen LogP) is 4.39. The third kappa shape index (κ3) is 2.30. The zero-order valence-corrected chi connectivity index (χ0v) is 11.4. The molecule has 5 nitrogen and oxygen atoms in total. The van der Waals surface area contributed by atoms with E-state index in [1.165, 1.54) is 0 Å². The standard InChI is InChI=1S/C14H11N5S/c15-18-16-8-4-7-12-13(11-5-2-1-3-6-11)17-14-19(12)9-10-20-14/h1-7,9-10H,8H2. The van der Waals surface area contributed by atoms with Gasteiger partial charge in [-0.3, -0.25) is 4.40 Å². The predicted molar refractivity (Wildman–Crippen MR) is 81.6 cm³/mol. The fraction of sp³-hybridized carbons (Fsp3) is 0.0714. The van der Waals surface area contributed by atoms with E-state index in [2.05, 4.69) is 15.0 Å². The molecule has 0 fully saturated rings. The van der Waals surface area contributed by atoms with Gasteiger partial charge in [-0.15, -0.1) is 11.3 Å². The van der Waals surface area contributed by atoms with Crippen LogP contribution in [-0.2, 0) is 0 Å². The first-order valence-corrected chi connectivity index (χ1v) is 6.96. The van der Waals surface area contributed by atoms with E-state index in [1.54, 1.807) is 11.3 Å². The van der Waals surface area contributed by atoms with Crippen LogP contribution in [0, 0.1) is 0 Å². The number of thiazole rings is 1. The van der Waals surface area contributed by atoms with Gasteiger partial charge >= 0.3 is 0 Å². The van der Waals surface area contributed by atoms with Crippen LogP contribution >= 0.6 is 11.3 Å². The van der Waals surface area contributed by atoms with Crippen molar-refractivity contribution in [3.63, 3.8) is 0 Å². The van der Waals surface area contributed by atoms with Crippen LogP contribution in [0.1, 0.15) is 5.69 Å². The summed E-state index contributed by atoms with van der Waals surface area (Å²) in [6.45, 7) is 0.335. The molecule has 0 unspecified atom stereocenters. The minimum Gasteiger partial charge on any atom is -0.290 e. The van der Waals surface area contributed by atoms with Gasteiger partial charge in [0.1, 0.15) is 0 Å². The Morgan fingerprint density at radius 1 is 1.35 bits per heavy atom. The van der Waals surface area contributed by atoms with Gasteiger partial charge in [-0.05, 0) is 11.6 Å². The Balaban J connectivity index is 2.09. The molecule has 0 N–H and O–H groups in total. The fourth-order valence-corrected chi connectivity index (χ4v) is 2.74. The van der Waals surface area contributed by atoms with Crippen molar-refractivity contribution in [3.8, 4) is 11.3 Å². The molecule has 6 heteroatoms. The molecule has 3 aromatic rings. The molecule has 2 aromatic heterocycles. The molecule has 0 aliphatic carbocycles. The van der Waals surface area contributed by atoms with Gasteiger partial charge in [-0.1, -0.05) is 41.5 Å². The highest BCUT2D eigenvalue weighted by molar-refractivity contribution is 7.15. The van der Waals surface area contributed by atoms with E-state index >= 15 is 0 Å². The summed E-state index contributed by atoms with van der Waals surface area (Å²) < 4.78 is 2.04. The molecule has 0 aliphatic rings. The lowest BCUT2D eigenvalue weighted by Gasteiger charge is -1.99. The topological polar surface area (TPSA) is 66.1 Å². The van der Waals surface area contributed by atoms with E-state index < -0.39 is 0 Å². The van der Waals surface area contributed by atoms with Crippen molar-refractivity contribution in [3.05, 3.63) is 64.1 Å². The lowest BCUT2D eigenvalue weighted by molar-refractivity contribution is 1.19. The largest absolute Gasteiger partial charge is 0.290 e. The Hall–Kier alpha value is -2.56. The Morgan fingerprint density at radius 2 is 2.20 bits per heavy atom. The first kappa shape index (κ1) is 12.5. The highest BCUT2D eigenvalue weighted by Crippen LogP contribution is 2.27. The van der Waals surface area contributed by atoms with E-state index in [-0.39, 0.29) is 0 Å². The third-order valence-electron chi connectivity index (χ3n) is 2.87. The second-order valence-electron chi connectivity index (χ2n) is 4.08. The molecule has 0 spiro atoms. The van der Waals surface area contributed by atoms with Crippen molar-refractivity contribution < 1.29 is 0 Å². The van der Waals surface area contributed by atoms with Gasteiger partial charge in [0.25, 0.3) is 0 Å². The van der Waals surface area contributed by atoms with Gasteiger partial charge in [0, 0.05) is 28.6 Å². The molecule has 0 saturated carbocycles. The zero-order chi connectivity index (χ0) is 13.8. The van der Waals surface area contributed by atoms with Crippen LogP contribution in [0.2, 0.25) is 0 Å². The van der Waals surface area contributed by atoms with Crippen LogP contribution in [0.3, 0.4) is 0 Å². The maximum Gasteiger partial charge on any atom is 0.194 e. The molecule has 0 bridgehead atoms.